The molecule has 1 aromatic carbocycles. The van der Waals surface area contributed by atoms with Gasteiger partial charge in [-0.3, -0.25) is 0 Å². The van der Waals surface area contributed by atoms with Gasteiger partial charge in [-0.2, -0.15) is 0 Å². The monoisotopic (exact) mass is 228 g/mol. The van der Waals surface area contributed by atoms with Gasteiger partial charge in [-0.1, -0.05) is 12.1 Å². The Balaban J connectivity index is 1.78. The minimum absolute atomic E-state index is 0.220. The lowest BCUT2D eigenvalue weighted by Gasteiger charge is -2.23. The quantitative estimate of drug-likeness (QED) is 0.754. The van der Waals surface area contributed by atoms with Gasteiger partial charge in [0.05, 0.1) is 5.60 Å². The molecule has 3 aliphatic carbocycles. The zero-order valence-electron chi connectivity index (χ0n) is 10.6. The lowest BCUT2D eigenvalue weighted by atomic mass is 9.91. The van der Waals surface area contributed by atoms with Crippen LogP contribution in [-0.4, -0.2) is 12.7 Å². The molecule has 1 atom stereocenters. The fourth-order valence-electron chi connectivity index (χ4n) is 4.05. The van der Waals surface area contributed by atoms with Gasteiger partial charge in [0.25, 0.3) is 0 Å². The maximum atomic E-state index is 5.81. The van der Waals surface area contributed by atoms with Crippen molar-refractivity contribution in [2.24, 2.45) is 0 Å². The molecule has 17 heavy (non-hydrogen) atoms. The lowest BCUT2D eigenvalue weighted by molar-refractivity contribution is 0.0559. The van der Waals surface area contributed by atoms with Crippen molar-refractivity contribution >= 4 is 0 Å². The number of hydrogen-bond acceptors (Lipinski definition) is 1. The van der Waals surface area contributed by atoms with Crippen LogP contribution in [0, 0.1) is 0 Å². The van der Waals surface area contributed by atoms with E-state index in [-0.39, 0.29) is 5.60 Å². The molecule has 0 N–H and O–H groups in total. The Morgan fingerprint density at radius 1 is 1.06 bits per heavy atom. The molecule has 0 aromatic heterocycles. The van der Waals surface area contributed by atoms with E-state index in [1.54, 1.807) is 22.3 Å². The SMILES string of the molecule is COC1(C2CCc3cc4c(cc32)CCC4)CC1. The molecule has 0 radical (unpaired) electrons. The fraction of sp³-hybridized carbons (Fsp3) is 0.625. The number of benzene rings is 1. The molecule has 1 saturated carbocycles. The van der Waals surface area contributed by atoms with Crippen molar-refractivity contribution in [3.63, 3.8) is 0 Å². The van der Waals surface area contributed by atoms with E-state index in [4.69, 9.17) is 4.74 Å². The van der Waals surface area contributed by atoms with Crippen molar-refractivity contribution in [2.75, 3.05) is 7.11 Å². The fourth-order valence-corrected chi connectivity index (χ4v) is 4.05. The third-order valence-electron chi connectivity index (χ3n) is 5.22. The van der Waals surface area contributed by atoms with Crippen molar-refractivity contribution in [3.8, 4) is 0 Å². The molecule has 0 spiro atoms. The van der Waals surface area contributed by atoms with Crippen molar-refractivity contribution in [2.45, 2.75) is 56.5 Å². The number of methoxy groups -OCH3 is 1. The van der Waals surface area contributed by atoms with E-state index in [2.05, 4.69) is 12.1 Å². The summed E-state index contributed by atoms with van der Waals surface area (Å²) in [7, 11) is 1.90. The van der Waals surface area contributed by atoms with E-state index in [0.29, 0.717) is 5.92 Å². The van der Waals surface area contributed by atoms with Crippen LogP contribution in [0.15, 0.2) is 12.1 Å². The lowest BCUT2D eigenvalue weighted by Crippen LogP contribution is -2.20. The first-order chi connectivity index (χ1) is 8.32. The number of ether oxygens (including phenoxy) is 1. The first kappa shape index (κ1) is 10.1. The number of fused-ring (bicyclic) bond motifs is 2. The molecule has 0 bridgehead atoms. The highest BCUT2D eigenvalue weighted by Crippen LogP contribution is 2.55. The van der Waals surface area contributed by atoms with Gasteiger partial charge in [-0.05, 0) is 67.2 Å². The minimum atomic E-state index is 0.220. The smallest absolute Gasteiger partial charge is 0.0749 e. The summed E-state index contributed by atoms with van der Waals surface area (Å²) < 4.78 is 5.81. The van der Waals surface area contributed by atoms with E-state index in [9.17, 15) is 0 Å². The predicted molar refractivity (Wildman–Crippen MR) is 68.5 cm³/mol. The van der Waals surface area contributed by atoms with Crippen LogP contribution in [0.25, 0.3) is 0 Å². The first-order valence-electron chi connectivity index (χ1n) is 7.02. The summed E-state index contributed by atoms with van der Waals surface area (Å²) in [4.78, 5) is 0. The van der Waals surface area contributed by atoms with Crippen LogP contribution < -0.4 is 0 Å². The third-order valence-corrected chi connectivity index (χ3v) is 5.22. The van der Waals surface area contributed by atoms with E-state index in [0.717, 1.165) is 0 Å². The van der Waals surface area contributed by atoms with Crippen LogP contribution in [0.1, 0.15) is 53.9 Å². The second-order valence-electron chi connectivity index (χ2n) is 6.03. The molecule has 1 heteroatoms. The Hall–Kier alpha value is -0.820. The molecule has 90 valence electrons. The topological polar surface area (TPSA) is 9.23 Å². The first-order valence-corrected chi connectivity index (χ1v) is 7.02. The predicted octanol–water partition coefficient (Wildman–Crippen LogP) is 3.38. The van der Waals surface area contributed by atoms with Gasteiger partial charge in [-0.15, -0.1) is 0 Å². The van der Waals surface area contributed by atoms with Crippen molar-refractivity contribution in [3.05, 3.63) is 34.4 Å². The highest BCUT2D eigenvalue weighted by molar-refractivity contribution is 5.46. The molecule has 1 nitrogen and oxygen atoms in total. The van der Waals surface area contributed by atoms with Crippen LogP contribution in [-0.2, 0) is 24.0 Å². The van der Waals surface area contributed by atoms with Gasteiger partial charge in [0.1, 0.15) is 0 Å². The second kappa shape index (κ2) is 3.35. The average molecular weight is 228 g/mol. The van der Waals surface area contributed by atoms with Crippen LogP contribution in [0.3, 0.4) is 0 Å². The van der Waals surface area contributed by atoms with Crippen molar-refractivity contribution in [1.29, 1.82) is 0 Å². The average Bonchev–Trinajstić information content (AvgIpc) is 2.82. The van der Waals surface area contributed by atoms with Crippen molar-refractivity contribution in [1.82, 2.24) is 0 Å². The Labute approximate surface area is 103 Å². The summed E-state index contributed by atoms with van der Waals surface area (Å²) in [5, 5.41) is 0. The van der Waals surface area contributed by atoms with Crippen LogP contribution in [0.5, 0.6) is 0 Å². The summed E-state index contributed by atoms with van der Waals surface area (Å²) in [6.07, 6.45) is 9.09. The molecule has 0 aliphatic heterocycles. The maximum Gasteiger partial charge on any atom is 0.0749 e. The largest absolute Gasteiger partial charge is 0.378 e. The van der Waals surface area contributed by atoms with Gasteiger partial charge in [0.15, 0.2) is 0 Å². The summed E-state index contributed by atoms with van der Waals surface area (Å²) in [6, 6.07) is 5.03. The van der Waals surface area contributed by atoms with Gasteiger partial charge in [-0.25, -0.2) is 0 Å². The summed E-state index contributed by atoms with van der Waals surface area (Å²) in [5.41, 5.74) is 6.73. The van der Waals surface area contributed by atoms with E-state index in [1.807, 2.05) is 7.11 Å². The van der Waals surface area contributed by atoms with Gasteiger partial charge >= 0.3 is 0 Å². The Morgan fingerprint density at radius 3 is 2.53 bits per heavy atom. The van der Waals surface area contributed by atoms with Crippen LogP contribution in [0.4, 0.5) is 0 Å². The molecule has 0 saturated heterocycles. The summed E-state index contributed by atoms with van der Waals surface area (Å²) in [6.45, 7) is 0. The zero-order chi connectivity index (χ0) is 11.5. The van der Waals surface area contributed by atoms with E-state index < -0.39 is 0 Å². The normalized spacial score (nSPS) is 27.9. The van der Waals surface area contributed by atoms with E-state index >= 15 is 0 Å². The van der Waals surface area contributed by atoms with Crippen LogP contribution in [0.2, 0.25) is 0 Å². The van der Waals surface area contributed by atoms with Crippen LogP contribution >= 0.6 is 0 Å². The summed E-state index contributed by atoms with van der Waals surface area (Å²) in [5.74, 6) is 0.688. The Bertz CT molecular complexity index is 471. The molecule has 0 heterocycles. The summed E-state index contributed by atoms with van der Waals surface area (Å²) >= 11 is 0. The van der Waals surface area contributed by atoms with Crippen molar-refractivity contribution < 1.29 is 4.74 Å². The number of hydrogen-bond donors (Lipinski definition) is 0. The molecule has 1 unspecified atom stereocenters. The Morgan fingerprint density at radius 2 is 1.82 bits per heavy atom. The minimum Gasteiger partial charge on any atom is -0.378 e. The molecule has 1 fully saturated rings. The number of aryl methyl sites for hydroxylation is 3. The molecule has 1 aromatic rings. The maximum absolute atomic E-state index is 5.81. The standard InChI is InChI=1S/C16H20O/c1-17-16(7-8-16)15-6-5-13-9-11-3-2-4-12(11)10-14(13)15/h9-10,15H,2-8H2,1H3. The second-order valence-corrected chi connectivity index (χ2v) is 6.03. The zero-order valence-corrected chi connectivity index (χ0v) is 10.6. The molecule has 3 aliphatic rings. The van der Waals surface area contributed by atoms with E-state index in [1.165, 1.54) is 44.9 Å². The molecule has 4 rings (SSSR count). The van der Waals surface area contributed by atoms with Gasteiger partial charge in [0, 0.05) is 13.0 Å². The highest BCUT2D eigenvalue weighted by Gasteiger charge is 2.52. The third kappa shape index (κ3) is 1.35. The molecule has 0 amide bonds. The highest BCUT2D eigenvalue weighted by atomic mass is 16.5. The number of rotatable bonds is 2. The molecular weight excluding hydrogens is 208 g/mol. The van der Waals surface area contributed by atoms with Gasteiger partial charge < -0.3 is 4.74 Å². The van der Waals surface area contributed by atoms with Gasteiger partial charge in [0.2, 0.25) is 0 Å². The Kier molecular flexibility index (Phi) is 2.00. The molecular formula is C16H20O.